The van der Waals surface area contributed by atoms with Crippen LogP contribution in [-0.4, -0.2) is 36.8 Å². The highest BCUT2D eigenvalue weighted by Crippen LogP contribution is 2.58. The third-order valence-corrected chi connectivity index (χ3v) is 6.17. The van der Waals surface area contributed by atoms with E-state index in [1.807, 2.05) is 30.3 Å². The highest BCUT2D eigenvalue weighted by molar-refractivity contribution is 5.93. The van der Waals surface area contributed by atoms with Gasteiger partial charge in [0.05, 0.1) is 19.1 Å². The quantitative estimate of drug-likeness (QED) is 0.398. The number of ether oxygens (including phenoxy) is 3. The van der Waals surface area contributed by atoms with E-state index in [2.05, 4.69) is 11.9 Å². The van der Waals surface area contributed by atoms with E-state index >= 15 is 0 Å². The van der Waals surface area contributed by atoms with Crippen LogP contribution in [0.2, 0.25) is 0 Å². The number of hydrogen-bond acceptors (Lipinski definition) is 6. The van der Waals surface area contributed by atoms with Gasteiger partial charge in [-0.3, -0.25) is 4.79 Å². The normalized spacial score (nSPS) is 29.1. The lowest BCUT2D eigenvalue weighted by atomic mass is 9.68. The van der Waals surface area contributed by atoms with Crippen LogP contribution in [0.15, 0.2) is 43.0 Å². The molecule has 0 aliphatic heterocycles. The monoisotopic (exact) mass is 415 g/mol. The molecule has 2 bridgehead atoms. The number of nitrogens with one attached hydrogen (secondary N) is 1. The Bertz CT molecular complexity index is 794. The standard InChI is InChI=1S/C23H29NO6/c1-4-16-12-17-13-18(16)23(21(26)29-6-3,19(17)20(25)28-5-2)24-22(27)30-14-15-10-8-7-9-11-15/h4,7-11,16-19H,1,5-6,12-14H2,2-3H3,(H,24,27)/t16-,17-,18-,19+,23-/m1/s1. The number of hydrogen-bond donors (Lipinski definition) is 1. The van der Waals surface area contributed by atoms with Gasteiger partial charge in [0.15, 0.2) is 5.54 Å². The molecule has 0 radical (unpaired) electrons. The molecule has 7 heteroatoms. The van der Waals surface area contributed by atoms with Crippen molar-refractivity contribution in [3.8, 4) is 0 Å². The highest BCUT2D eigenvalue weighted by atomic mass is 16.6. The van der Waals surface area contributed by atoms with Crippen LogP contribution in [0.1, 0.15) is 32.3 Å². The van der Waals surface area contributed by atoms with Gasteiger partial charge in [-0.2, -0.15) is 0 Å². The molecule has 162 valence electrons. The van der Waals surface area contributed by atoms with Crippen molar-refractivity contribution < 1.29 is 28.6 Å². The summed E-state index contributed by atoms with van der Waals surface area (Å²) in [6.45, 7) is 7.66. The van der Waals surface area contributed by atoms with Gasteiger partial charge in [-0.05, 0) is 44.1 Å². The number of allylic oxidation sites excluding steroid dienone is 1. The van der Waals surface area contributed by atoms with Crippen molar-refractivity contribution in [1.82, 2.24) is 5.32 Å². The average Bonchev–Trinajstić information content (AvgIpc) is 3.30. The Morgan fingerprint density at radius 1 is 1.10 bits per heavy atom. The number of fused-ring (bicyclic) bond motifs is 2. The lowest BCUT2D eigenvalue weighted by Gasteiger charge is -2.42. The van der Waals surface area contributed by atoms with Crippen molar-refractivity contribution in [2.24, 2.45) is 23.7 Å². The molecule has 7 nitrogen and oxygen atoms in total. The molecule has 0 aromatic heterocycles. The van der Waals surface area contributed by atoms with Crippen molar-refractivity contribution in [1.29, 1.82) is 0 Å². The summed E-state index contributed by atoms with van der Waals surface area (Å²) in [5, 5.41) is 2.75. The smallest absolute Gasteiger partial charge is 0.408 e. The first-order chi connectivity index (χ1) is 14.5. The van der Waals surface area contributed by atoms with Gasteiger partial charge >= 0.3 is 18.0 Å². The zero-order valence-corrected chi connectivity index (χ0v) is 17.5. The van der Waals surface area contributed by atoms with Crippen molar-refractivity contribution in [3.05, 3.63) is 48.6 Å². The highest BCUT2D eigenvalue weighted by Gasteiger charge is 2.69. The SMILES string of the molecule is C=C[C@@H]1C[C@@H]2C[C@H]1[C@](NC(=O)OCc1ccccc1)(C(=O)OCC)[C@@H]2C(=O)OCC. The van der Waals surface area contributed by atoms with Gasteiger partial charge in [-0.15, -0.1) is 6.58 Å². The molecule has 30 heavy (non-hydrogen) atoms. The van der Waals surface area contributed by atoms with Crippen LogP contribution >= 0.6 is 0 Å². The van der Waals surface area contributed by atoms with Gasteiger partial charge in [0.1, 0.15) is 6.61 Å². The van der Waals surface area contributed by atoms with E-state index < -0.39 is 29.5 Å². The summed E-state index contributed by atoms with van der Waals surface area (Å²) in [6.07, 6.45) is 2.35. The summed E-state index contributed by atoms with van der Waals surface area (Å²) in [6, 6.07) is 9.23. The molecule has 2 aliphatic rings. The summed E-state index contributed by atoms with van der Waals surface area (Å²) in [5.74, 6) is -2.36. The zero-order chi connectivity index (χ0) is 21.7. The Labute approximate surface area is 176 Å². The second-order valence-corrected chi connectivity index (χ2v) is 7.74. The van der Waals surface area contributed by atoms with Crippen LogP contribution in [0.25, 0.3) is 0 Å². The van der Waals surface area contributed by atoms with Gasteiger partial charge in [0.2, 0.25) is 0 Å². The minimum Gasteiger partial charge on any atom is -0.466 e. The molecular formula is C23H29NO6. The predicted molar refractivity (Wildman–Crippen MR) is 109 cm³/mol. The Morgan fingerprint density at radius 3 is 2.43 bits per heavy atom. The molecule has 3 rings (SSSR count). The first-order valence-corrected chi connectivity index (χ1v) is 10.4. The molecule has 1 aromatic rings. The fourth-order valence-corrected chi connectivity index (χ4v) is 5.06. The van der Waals surface area contributed by atoms with E-state index in [-0.39, 0.29) is 37.6 Å². The van der Waals surface area contributed by atoms with Crippen LogP contribution in [0, 0.1) is 23.7 Å². The lowest BCUT2D eigenvalue weighted by Crippen LogP contribution is -2.66. The molecule has 2 fully saturated rings. The van der Waals surface area contributed by atoms with E-state index in [0.29, 0.717) is 6.42 Å². The Kier molecular flexibility index (Phi) is 6.80. The van der Waals surface area contributed by atoms with Crippen LogP contribution in [0.3, 0.4) is 0 Å². The minimum atomic E-state index is -1.53. The summed E-state index contributed by atoms with van der Waals surface area (Å²) in [5.41, 5.74) is -0.714. The molecule has 1 aromatic carbocycles. The van der Waals surface area contributed by atoms with Crippen molar-refractivity contribution in [3.63, 3.8) is 0 Å². The number of carbonyl (C=O) groups is 3. The van der Waals surface area contributed by atoms with Gasteiger partial charge in [0, 0.05) is 5.92 Å². The molecule has 0 heterocycles. The zero-order valence-electron chi connectivity index (χ0n) is 17.5. The number of benzene rings is 1. The maximum absolute atomic E-state index is 13.2. The average molecular weight is 415 g/mol. The molecular weight excluding hydrogens is 386 g/mol. The van der Waals surface area contributed by atoms with E-state index in [9.17, 15) is 14.4 Å². The summed E-state index contributed by atoms with van der Waals surface area (Å²) in [4.78, 5) is 38.8. The molecule has 1 N–H and O–H groups in total. The van der Waals surface area contributed by atoms with Crippen LogP contribution in [-0.2, 0) is 30.4 Å². The maximum Gasteiger partial charge on any atom is 0.408 e. The van der Waals surface area contributed by atoms with Gasteiger partial charge in [-0.25, -0.2) is 9.59 Å². The first kappa shape index (κ1) is 21.9. The molecule has 0 spiro atoms. The number of esters is 2. The molecule has 5 atom stereocenters. The number of alkyl carbamates (subject to hydrolysis) is 1. The van der Waals surface area contributed by atoms with Crippen LogP contribution in [0.5, 0.6) is 0 Å². The van der Waals surface area contributed by atoms with Gasteiger partial charge < -0.3 is 19.5 Å². The van der Waals surface area contributed by atoms with Crippen molar-refractivity contribution >= 4 is 18.0 Å². The number of rotatable bonds is 8. The van der Waals surface area contributed by atoms with E-state index in [4.69, 9.17) is 14.2 Å². The van der Waals surface area contributed by atoms with Crippen LogP contribution in [0.4, 0.5) is 4.79 Å². The van der Waals surface area contributed by atoms with Crippen LogP contribution < -0.4 is 5.32 Å². The second-order valence-electron chi connectivity index (χ2n) is 7.74. The van der Waals surface area contributed by atoms with E-state index in [1.165, 1.54) is 0 Å². The van der Waals surface area contributed by atoms with Crippen molar-refractivity contribution in [2.45, 2.75) is 38.8 Å². The molecule has 0 saturated heterocycles. The van der Waals surface area contributed by atoms with Gasteiger partial charge in [-0.1, -0.05) is 36.4 Å². The molecule has 1 amide bonds. The fraction of sp³-hybridized carbons (Fsp3) is 0.522. The van der Waals surface area contributed by atoms with Gasteiger partial charge in [0.25, 0.3) is 0 Å². The first-order valence-electron chi connectivity index (χ1n) is 10.4. The summed E-state index contributed by atoms with van der Waals surface area (Å²) < 4.78 is 16.0. The topological polar surface area (TPSA) is 90.9 Å². The minimum absolute atomic E-state index is 0.0143. The number of carbonyl (C=O) groups excluding carboxylic acids is 3. The summed E-state index contributed by atoms with van der Waals surface area (Å²) >= 11 is 0. The molecule has 2 aliphatic carbocycles. The summed E-state index contributed by atoms with van der Waals surface area (Å²) in [7, 11) is 0. The van der Waals surface area contributed by atoms with Crippen molar-refractivity contribution in [2.75, 3.05) is 13.2 Å². The molecule has 0 unspecified atom stereocenters. The maximum atomic E-state index is 13.2. The molecule has 2 saturated carbocycles. The third-order valence-electron chi connectivity index (χ3n) is 6.17. The second kappa shape index (κ2) is 9.32. The Morgan fingerprint density at radius 2 is 1.80 bits per heavy atom. The fourth-order valence-electron chi connectivity index (χ4n) is 5.06. The third kappa shape index (κ3) is 3.93. The predicted octanol–water partition coefficient (Wildman–Crippen LogP) is 3.24. The van der Waals surface area contributed by atoms with E-state index in [0.717, 1.165) is 12.0 Å². The Balaban J connectivity index is 1.89. The largest absolute Gasteiger partial charge is 0.466 e. The Hall–Kier alpha value is -2.83. The van der Waals surface area contributed by atoms with E-state index in [1.54, 1.807) is 19.9 Å². The number of amides is 1. The lowest BCUT2D eigenvalue weighted by molar-refractivity contribution is -0.168.